The quantitative estimate of drug-likeness (QED) is 0.0647. The molecule has 0 saturated carbocycles. The van der Waals surface area contributed by atoms with Gasteiger partial charge in [-0.2, -0.15) is 0 Å². The van der Waals surface area contributed by atoms with Crippen LogP contribution in [0.4, 0.5) is 0 Å². The first-order valence-electron chi connectivity index (χ1n) is 11.5. The van der Waals surface area contributed by atoms with Crippen LogP contribution in [0, 0.1) is 0 Å². The molecule has 0 aromatic carbocycles. The van der Waals surface area contributed by atoms with Crippen molar-refractivity contribution in [2.24, 2.45) is 22.2 Å². The number of amides is 3. The molecule has 0 aliphatic carbocycles. The number of nitrogens with zero attached hydrogens (tertiary/aromatic N) is 3. The SMILES string of the molecule is CC(N)C(=O)NC(Cc1cnc[nH]1)C(=O)NC(CCCN=C(N)N)C(=O)NC(Cc1cnc[nH]1)C(=O)O. The van der Waals surface area contributed by atoms with Crippen LogP contribution in [0.25, 0.3) is 0 Å². The number of rotatable bonds is 15. The predicted octanol–water partition coefficient (Wildman–Crippen LogP) is -3.14. The zero-order chi connectivity index (χ0) is 27.4. The first-order chi connectivity index (χ1) is 17.6. The van der Waals surface area contributed by atoms with Gasteiger partial charge in [0.2, 0.25) is 17.7 Å². The summed E-state index contributed by atoms with van der Waals surface area (Å²) in [5, 5.41) is 17.2. The Bertz CT molecular complexity index is 1050. The molecule has 4 atom stereocenters. The molecule has 12 N–H and O–H groups in total. The number of imidazole rings is 2. The van der Waals surface area contributed by atoms with Crippen molar-refractivity contribution in [3.8, 4) is 0 Å². The zero-order valence-electron chi connectivity index (χ0n) is 20.3. The lowest BCUT2D eigenvalue weighted by atomic mass is 10.1. The van der Waals surface area contributed by atoms with Gasteiger partial charge in [0.1, 0.15) is 18.1 Å². The molecule has 2 heterocycles. The Morgan fingerprint density at radius 1 is 0.919 bits per heavy atom. The maximum atomic E-state index is 13.2. The number of guanidine groups is 1. The Balaban J connectivity index is 2.18. The number of aliphatic imine (C=N–C) groups is 1. The summed E-state index contributed by atoms with van der Waals surface area (Å²) in [5.41, 5.74) is 17.4. The lowest BCUT2D eigenvalue weighted by Gasteiger charge is -2.24. The smallest absolute Gasteiger partial charge is 0.326 e. The molecule has 0 spiro atoms. The molecule has 37 heavy (non-hydrogen) atoms. The first-order valence-corrected chi connectivity index (χ1v) is 11.5. The van der Waals surface area contributed by atoms with Crippen LogP contribution in [0.15, 0.2) is 30.0 Å². The summed E-state index contributed by atoms with van der Waals surface area (Å²) < 4.78 is 0. The molecule has 0 fully saturated rings. The van der Waals surface area contributed by atoms with Gasteiger partial charge in [-0.25, -0.2) is 14.8 Å². The van der Waals surface area contributed by atoms with Gasteiger partial charge in [-0.3, -0.25) is 19.4 Å². The lowest BCUT2D eigenvalue weighted by Crippen LogP contribution is -2.57. The molecule has 16 nitrogen and oxygen atoms in total. The van der Waals surface area contributed by atoms with Crippen LogP contribution in [0.1, 0.15) is 31.2 Å². The highest BCUT2D eigenvalue weighted by atomic mass is 16.4. The van der Waals surface area contributed by atoms with Crippen molar-refractivity contribution >= 4 is 29.7 Å². The van der Waals surface area contributed by atoms with E-state index in [0.29, 0.717) is 17.8 Å². The van der Waals surface area contributed by atoms with Crippen LogP contribution in [-0.2, 0) is 32.0 Å². The van der Waals surface area contributed by atoms with Gasteiger partial charge in [0.25, 0.3) is 0 Å². The van der Waals surface area contributed by atoms with Crippen molar-refractivity contribution in [2.45, 2.75) is 56.8 Å². The van der Waals surface area contributed by atoms with Crippen molar-refractivity contribution < 1.29 is 24.3 Å². The monoisotopic (exact) mass is 519 g/mol. The fourth-order valence-electron chi connectivity index (χ4n) is 3.26. The summed E-state index contributed by atoms with van der Waals surface area (Å²) in [6.45, 7) is 1.64. The molecular formula is C21H33N11O5. The number of nitrogens with two attached hydrogens (primary N) is 3. The summed E-state index contributed by atoms with van der Waals surface area (Å²) in [5.74, 6) is -3.38. The second-order valence-corrected chi connectivity index (χ2v) is 8.32. The Morgan fingerprint density at radius 3 is 1.92 bits per heavy atom. The van der Waals surface area contributed by atoms with Crippen molar-refractivity contribution in [1.29, 1.82) is 0 Å². The highest BCUT2D eigenvalue weighted by Gasteiger charge is 2.30. The molecule has 2 aromatic rings. The van der Waals surface area contributed by atoms with Gasteiger partial charge in [0, 0.05) is 43.2 Å². The number of aliphatic carboxylic acids is 1. The maximum absolute atomic E-state index is 13.2. The van der Waals surface area contributed by atoms with Crippen molar-refractivity contribution in [1.82, 2.24) is 35.9 Å². The van der Waals surface area contributed by atoms with Gasteiger partial charge in [0.15, 0.2) is 5.96 Å². The van der Waals surface area contributed by atoms with E-state index in [2.05, 4.69) is 40.9 Å². The Morgan fingerprint density at radius 2 is 1.43 bits per heavy atom. The molecule has 0 aliphatic heterocycles. The van der Waals surface area contributed by atoms with Crippen molar-refractivity contribution in [2.75, 3.05) is 6.54 Å². The molecule has 4 unspecified atom stereocenters. The molecular weight excluding hydrogens is 486 g/mol. The van der Waals surface area contributed by atoms with Gasteiger partial charge >= 0.3 is 5.97 Å². The molecule has 0 aliphatic rings. The minimum Gasteiger partial charge on any atom is -0.480 e. The minimum atomic E-state index is -1.29. The topological polar surface area (TPSA) is 272 Å². The number of aromatic nitrogens is 4. The van der Waals surface area contributed by atoms with Crippen LogP contribution < -0.4 is 33.2 Å². The van der Waals surface area contributed by atoms with E-state index in [1.807, 2.05) is 0 Å². The van der Waals surface area contributed by atoms with E-state index in [4.69, 9.17) is 17.2 Å². The molecule has 16 heteroatoms. The van der Waals surface area contributed by atoms with Crippen molar-refractivity contribution in [3.05, 3.63) is 36.4 Å². The summed E-state index contributed by atoms with van der Waals surface area (Å²) in [6.07, 6.45) is 6.12. The van der Waals surface area contributed by atoms with E-state index in [9.17, 15) is 24.3 Å². The molecule has 0 radical (unpaired) electrons. The average molecular weight is 520 g/mol. The molecule has 0 saturated heterocycles. The number of nitrogens with one attached hydrogen (secondary N) is 5. The summed E-state index contributed by atoms with van der Waals surface area (Å²) >= 11 is 0. The Hall–Kier alpha value is -4.47. The molecule has 2 rings (SSSR count). The number of hydrogen-bond acceptors (Lipinski definition) is 8. The summed E-state index contributed by atoms with van der Waals surface area (Å²) in [6, 6.07) is -4.41. The predicted molar refractivity (Wildman–Crippen MR) is 132 cm³/mol. The molecule has 0 bridgehead atoms. The summed E-state index contributed by atoms with van der Waals surface area (Å²) in [4.78, 5) is 67.5. The number of carbonyl (C=O) groups excluding carboxylic acids is 3. The second kappa shape index (κ2) is 14.2. The fourth-order valence-corrected chi connectivity index (χ4v) is 3.26. The van der Waals surface area contributed by atoms with Crippen LogP contribution in [0.2, 0.25) is 0 Å². The molecule has 3 amide bonds. The van der Waals surface area contributed by atoms with E-state index in [1.165, 1.54) is 32.0 Å². The zero-order valence-corrected chi connectivity index (χ0v) is 20.3. The van der Waals surface area contributed by atoms with E-state index >= 15 is 0 Å². The van der Waals surface area contributed by atoms with E-state index in [1.54, 1.807) is 0 Å². The third kappa shape index (κ3) is 9.96. The molecule has 2 aromatic heterocycles. The number of H-pyrrole nitrogens is 2. The highest BCUT2D eigenvalue weighted by Crippen LogP contribution is 2.06. The minimum absolute atomic E-state index is 0.0458. The van der Waals surface area contributed by atoms with Gasteiger partial charge in [-0.15, -0.1) is 0 Å². The standard InChI is InChI=1S/C21H33N11O5/c1-11(22)17(33)31-15(5-12-7-25-9-28-12)19(35)30-14(3-2-4-27-21(23)24)18(34)32-16(20(36)37)6-13-8-26-10-29-13/h7-11,14-16H,2-6,22H2,1H3,(H,25,28)(H,26,29)(H,30,35)(H,31,33)(H,32,34)(H,36,37)(H4,23,24,27). The number of carboxylic acids is 1. The van der Waals surface area contributed by atoms with Crippen LogP contribution in [0.5, 0.6) is 0 Å². The van der Waals surface area contributed by atoms with Gasteiger partial charge < -0.3 is 48.2 Å². The summed E-state index contributed by atoms with van der Waals surface area (Å²) in [7, 11) is 0. The van der Waals surface area contributed by atoms with Gasteiger partial charge in [-0.05, 0) is 19.8 Å². The van der Waals surface area contributed by atoms with E-state index < -0.39 is 47.9 Å². The normalized spacial score (nSPS) is 14.0. The molecule has 202 valence electrons. The lowest BCUT2D eigenvalue weighted by molar-refractivity contribution is -0.142. The first kappa shape index (κ1) is 28.8. The maximum Gasteiger partial charge on any atom is 0.326 e. The third-order valence-electron chi connectivity index (χ3n) is 5.20. The number of hydrogen-bond donors (Lipinski definition) is 9. The number of carbonyl (C=O) groups is 4. The van der Waals surface area contributed by atoms with Crippen LogP contribution in [-0.4, -0.2) is 85.4 Å². The van der Waals surface area contributed by atoms with Gasteiger partial charge in [-0.1, -0.05) is 0 Å². The highest BCUT2D eigenvalue weighted by molar-refractivity contribution is 5.94. The largest absolute Gasteiger partial charge is 0.480 e. The Labute approximate surface area is 212 Å². The second-order valence-electron chi connectivity index (χ2n) is 8.32. The van der Waals surface area contributed by atoms with E-state index in [-0.39, 0.29) is 31.8 Å². The Kier molecular flexibility index (Phi) is 11.0. The third-order valence-corrected chi connectivity index (χ3v) is 5.20. The fraction of sp³-hybridized carbons (Fsp3) is 0.476. The van der Waals surface area contributed by atoms with Gasteiger partial charge in [0.05, 0.1) is 18.7 Å². The number of carboxylic acid groups (broad SMARTS) is 1. The van der Waals surface area contributed by atoms with E-state index in [0.717, 1.165) is 0 Å². The van der Waals surface area contributed by atoms with Crippen LogP contribution >= 0.6 is 0 Å². The number of aromatic amines is 2. The average Bonchev–Trinajstić information content (AvgIpc) is 3.54. The van der Waals surface area contributed by atoms with Crippen molar-refractivity contribution in [3.63, 3.8) is 0 Å². The van der Waals surface area contributed by atoms with Crippen LogP contribution in [0.3, 0.4) is 0 Å².